The maximum absolute atomic E-state index is 12.3. The second-order valence-electron chi connectivity index (χ2n) is 11.5. The summed E-state index contributed by atoms with van der Waals surface area (Å²) < 4.78 is 11.4. The van der Waals surface area contributed by atoms with Crippen molar-refractivity contribution in [2.45, 2.75) is 51.7 Å². The Morgan fingerprint density at radius 2 is 1.88 bits per heavy atom. The van der Waals surface area contributed by atoms with E-state index in [1.807, 2.05) is 45.0 Å². The summed E-state index contributed by atoms with van der Waals surface area (Å²) in [4.78, 5) is 48.4. The predicted molar refractivity (Wildman–Crippen MR) is 162 cm³/mol. The molecule has 0 spiro atoms. The van der Waals surface area contributed by atoms with Gasteiger partial charge < -0.3 is 25.0 Å². The molecule has 12 nitrogen and oxygen atoms in total. The molecule has 5 rings (SSSR count). The molecule has 0 saturated carbocycles. The lowest BCUT2D eigenvalue weighted by Gasteiger charge is -2.24. The Balaban J connectivity index is 1.20. The van der Waals surface area contributed by atoms with Gasteiger partial charge in [-0.3, -0.25) is 9.78 Å². The number of amides is 2. The van der Waals surface area contributed by atoms with Crippen LogP contribution in [0.25, 0.3) is 22.2 Å². The van der Waals surface area contributed by atoms with Gasteiger partial charge in [-0.25, -0.2) is 24.7 Å². The highest BCUT2D eigenvalue weighted by atomic mass is 16.6. The summed E-state index contributed by atoms with van der Waals surface area (Å²) in [6.07, 6.45) is 6.59. The minimum Gasteiger partial charge on any atom is -0.458 e. The summed E-state index contributed by atoms with van der Waals surface area (Å²) in [5.41, 5.74) is 3.27. The van der Waals surface area contributed by atoms with E-state index in [2.05, 4.69) is 42.5 Å². The number of fused-ring (bicyclic) bond motifs is 1. The van der Waals surface area contributed by atoms with E-state index in [-0.39, 0.29) is 30.0 Å². The van der Waals surface area contributed by atoms with E-state index in [4.69, 9.17) is 9.47 Å². The van der Waals surface area contributed by atoms with Crippen molar-refractivity contribution in [3.05, 3.63) is 66.4 Å². The largest absolute Gasteiger partial charge is 0.458 e. The van der Waals surface area contributed by atoms with Gasteiger partial charge >= 0.3 is 12.1 Å². The number of ether oxygens (including phenoxy) is 2. The minimum absolute atomic E-state index is 0.0798. The average Bonchev–Trinajstić information content (AvgIpc) is 3.47. The Bertz CT molecular complexity index is 1610. The summed E-state index contributed by atoms with van der Waals surface area (Å²) in [5.74, 6) is 0.594. The first-order valence-electron chi connectivity index (χ1n) is 14.2. The van der Waals surface area contributed by atoms with Crippen molar-refractivity contribution < 1.29 is 19.1 Å². The zero-order valence-electron chi connectivity index (χ0n) is 25.0. The van der Waals surface area contributed by atoms with E-state index >= 15 is 0 Å². The second kappa shape index (κ2) is 12.6. The number of anilines is 1. The van der Waals surface area contributed by atoms with Crippen LogP contribution in [0, 0.1) is 0 Å². The van der Waals surface area contributed by atoms with Gasteiger partial charge in [-0.15, -0.1) is 0 Å². The fraction of sp³-hybridized carbons (Fsp3) is 0.387. The van der Waals surface area contributed by atoms with Crippen molar-refractivity contribution in [3.63, 3.8) is 0 Å². The number of hydrogen-bond donors (Lipinski definition) is 2. The van der Waals surface area contributed by atoms with Gasteiger partial charge in [0.25, 0.3) is 5.91 Å². The first kappa shape index (κ1) is 29.6. The van der Waals surface area contributed by atoms with Gasteiger partial charge in [0.1, 0.15) is 23.9 Å². The van der Waals surface area contributed by atoms with Crippen LogP contribution in [-0.4, -0.2) is 80.2 Å². The maximum atomic E-state index is 12.3. The first-order valence-corrected chi connectivity index (χ1v) is 14.2. The monoisotopic (exact) mass is 584 g/mol. The lowest BCUT2D eigenvalue weighted by molar-refractivity contribution is 0.0274. The fourth-order valence-electron chi connectivity index (χ4n) is 4.88. The number of nitrogens with zero attached hydrogens (tertiary/aromatic N) is 6. The number of aromatic nitrogens is 5. The number of nitrogens with one attached hydrogen (secondary N) is 2. The van der Waals surface area contributed by atoms with Gasteiger partial charge in [0.05, 0.1) is 23.3 Å². The molecule has 1 fully saturated rings. The Labute approximate surface area is 250 Å². The number of para-hydroxylation sites is 1. The van der Waals surface area contributed by atoms with Crippen molar-refractivity contribution in [1.82, 2.24) is 35.1 Å². The highest BCUT2D eigenvalue weighted by Crippen LogP contribution is 2.27. The van der Waals surface area contributed by atoms with Crippen molar-refractivity contribution in [3.8, 4) is 17.3 Å². The molecule has 2 N–H and O–H groups in total. The van der Waals surface area contributed by atoms with E-state index in [0.717, 1.165) is 16.5 Å². The lowest BCUT2D eigenvalue weighted by Crippen LogP contribution is -2.36. The Morgan fingerprint density at radius 3 is 2.63 bits per heavy atom. The van der Waals surface area contributed by atoms with Crippen LogP contribution < -0.4 is 15.4 Å². The van der Waals surface area contributed by atoms with Crippen molar-refractivity contribution >= 4 is 28.7 Å². The average molecular weight is 585 g/mol. The van der Waals surface area contributed by atoms with Crippen LogP contribution >= 0.6 is 0 Å². The third-order valence-electron chi connectivity index (χ3n) is 7.05. The van der Waals surface area contributed by atoms with E-state index in [1.54, 1.807) is 36.6 Å². The molecule has 2 amide bonds. The molecule has 2 atom stereocenters. The molecule has 1 aromatic carbocycles. The third kappa shape index (κ3) is 7.14. The summed E-state index contributed by atoms with van der Waals surface area (Å²) in [7, 11) is 1.62. The van der Waals surface area contributed by atoms with Crippen LogP contribution in [0.4, 0.5) is 10.6 Å². The molecule has 0 aliphatic carbocycles. The Kier molecular flexibility index (Phi) is 8.65. The molecule has 4 aromatic rings. The van der Waals surface area contributed by atoms with E-state index in [1.165, 1.54) is 6.33 Å². The number of benzene rings is 1. The molecule has 43 heavy (non-hydrogen) atoms. The van der Waals surface area contributed by atoms with Gasteiger partial charge in [-0.05, 0) is 32.4 Å². The van der Waals surface area contributed by atoms with E-state index < -0.39 is 5.60 Å². The summed E-state index contributed by atoms with van der Waals surface area (Å²) >= 11 is 0. The summed E-state index contributed by atoms with van der Waals surface area (Å²) in [6.45, 7) is 9.20. The minimum atomic E-state index is -0.545. The van der Waals surface area contributed by atoms with Crippen molar-refractivity contribution in [2.24, 2.45) is 0 Å². The number of carbonyl (C=O) groups excluding carboxylic acids is 2. The zero-order valence-corrected chi connectivity index (χ0v) is 25.0. The smallest absolute Gasteiger partial charge is 0.410 e. The van der Waals surface area contributed by atoms with E-state index in [0.29, 0.717) is 48.7 Å². The standard InChI is InChI=1S/C31H36N8O4/c1-19(22-7-6-8-23-24(28(40)32-5)9-11-33-27(22)23)14-34-26-13-25(37-18-38-26)20-15-35-29(36-16-20)42-21-10-12-39(17-21)30(41)43-31(2,3)4/h6-9,11,13,15-16,18-19,21H,10,12,14,17H2,1-5H3,(H,32,40)(H,34,37,38)/t19-,21?/m1/s1. The number of rotatable bonds is 8. The molecule has 0 bridgehead atoms. The molecule has 0 radical (unpaired) electrons. The number of likely N-dealkylation sites (tertiary alicyclic amines) is 1. The lowest BCUT2D eigenvalue weighted by atomic mass is 9.96. The molecule has 1 saturated heterocycles. The van der Waals surface area contributed by atoms with E-state index in [9.17, 15) is 9.59 Å². The number of pyridine rings is 1. The predicted octanol–water partition coefficient (Wildman–Crippen LogP) is 4.45. The highest BCUT2D eigenvalue weighted by Gasteiger charge is 2.31. The molecular weight excluding hydrogens is 548 g/mol. The topological polar surface area (TPSA) is 144 Å². The van der Waals surface area contributed by atoms with Crippen LogP contribution in [0.1, 0.15) is 56.0 Å². The third-order valence-corrected chi connectivity index (χ3v) is 7.05. The SMILES string of the molecule is CNC(=O)c1ccnc2c([C@H](C)CNc3cc(-c4cnc(OC5CCN(C(=O)OC(C)(C)C)C5)nc4)ncn3)cccc12. The Hall–Kier alpha value is -4.87. The van der Waals surface area contributed by atoms with Gasteiger partial charge in [0.2, 0.25) is 0 Å². The van der Waals surface area contributed by atoms with Crippen LogP contribution in [-0.2, 0) is 4.74 Å². The van der Waals surface area contributed by atoms with Crippen molar-refractivity contribution in [2.75, 3.05) is 32.0 Å². The number of hydrogen-bond acceptors (Lipinski definition) is 10. The molecule has 3 aromatic heterocycles. The van der Waals surface area contributed by atoms with Gasteiger partial charge in [-0.1, -0.05) is 25.1 Å². The number of carbonyl (C=O) groups is 2. The molecule has 1 aliphatic heterocycles. The van der Waals surface area contributed by atoms with Crippen molar-refractivity contribution in [1.29, 1.82) is 0 Å². The Morgan fingerprint density at radius 1 is 1.09 bits per heavy atom. The summed E-state index contributed by atoms with van der Waals surface area (Å²) in [6, 6.07) is 9.70. The fourth-order valence-corrected chi connectivity index (χ4v) is 4.88. The first-order chi connectivity index (χ1) is 20.6. The zero-order chi connectivity index (χ0) is 30.6. The highest BCUT2D eigenvalue weighted by molar-refractivity contribution is 6.06. The molecule has 4 heterocycles. The molecule has 224 valence electrons. The molecule has 1 unspecified atom stereocenters. The van der Waals surface area contributed by atoms with Crippen LogP contribution in [0.3, 0.4) is 0 Å². The summed E-state index contributed by atoms with van der Waals surface area (Å²) in [5, 5.41) is 6.89. The normalized spacial score (nSPS) is 15.7. The van der Waals surface area contributed by atoms with Gasteiger partial charge in [-0.2, -0.15) is 0 Å². The van der Waals surface area contributed by atoms with Crippen LogP contribution in [0.5, 0.6) is 6.01 Å². The molecule has 1 aliphatic rings. The van der Waals surface area contributed by atoms with Gasteiger partial charge in [0.15, 0.2) is 0 Å². The van der Waals surface area contributed by atoms with Gasteiger partial charge in [0, 0.05) is 68.1 Å². The quantitative estimate of drug-likeness (QED) is 0.305. The van der Waals surface area contributed by atoms with Crippen LogP contribution in [0.15, 0.2) is 55.2 Å². The van der Waals surface area contributed by atoms with Crippen LogP contribution in [0.2, 0.25) is 0 Å². The molecule has 12 heteroatoms. The maximum Gasteiger partial charge on any atom is 0.410 e. The molecular formula is C31H36N8O4. The second-order valence-corrected chi connectivity index (χ2v) is 11.5.